The number of carbonyl (C=O) groups is 2. The van der Waals surface area contributed by atoms with Gasteiger partial charge in [-0.2, -0.15) is 0 Å². The van der Waals surface area contributed by atoms with Crippen molar-refractivity contribution in [2.24, 2.45) is 0 Å². The second kappa shape index (κ2) is 8.42. The van der Waals surface area contributed by atoms with Crippen LogP contribution < -0.4 is 10.6 Å². The predicted molar refractivity (Wildman–Crippen MR) is 97.4 cm³/mol. The Hall–Kier alpha value is -2.96. The molecule has 1 aromatic carbocycles. The molecular formula is C19H22N4O3. The molecule has 0 unspecified atom stereocenters. The van der Waals surface area contributed by atoms with Gasteiger partial charge in [-0.25, -0.2) is 14.8 Å². The summed E-state index contributed by atoms with van der Waals surface area (Å²) in [4.78, 5) is 32.1. The molecule has 1 heterocycles. The van der Waals surface area contributed by atoms with E-state index >= 15 is 0 Å². The number of hydrogen-bond donors (Lipinski definition) is 2. The highest BCUT2D eigenvalue weighted by atomic mass is 16.5. The molecule has 0 radical (unpaired) electrons. The molecule has 0 bridgehead atoms. The van der Waals surface area contributed by atoms with E-state index in [1.54, 1.807) is 24.3 Å². The molecule has 26 heavy (non-hydrogen) atoms. The topological polar surface area (TPSA) is 93.2 Å². The first-order valence-electron chi connectivity index (χ1n) is 8.74. The van der Waals surface area contributed by atoms with Crippen LogP contribution in [0, 0.1) is 0 Å². The first kappa shape index (κ1) is 17.8. The summed E-state index contributed by atoms with van der Waals surface area (Å²) in [7, 11) is 1.34. The zero-order chi connectivity index (χ0) is 18.4. The van der Waals surface area contributed by atoms with Crippen LogP contribution in [0.5, 0.6) is 0 Å². The highest BCUT2D eigenvalue weighted by Crippen LogP contribution is 2.18. The lowest BCUT2D eigenvalue weighted by Crippen LogP contribution is -2.36. The number of nitrogens with one attached hydrogen (secondary N) is 2. The van der Waals surface area contributed by atoms with Gasteiger partial charge in [0.25, 0.3) is 5.91 Å². The summed E-state index contributed by atoms with van der Waals surface area (Å²) in [6.45, 7) is 0. The molecule has 0 saturated heterocycles. The van der Waals surface area contributed by atoms with Crippen LogP contribution in [0.15, 0.2) is 36.7 Å². The Morgan fingerprint density at radius 3 is 2.27 bits per heavy atom. The minimum atomic E-state index is -0.388. The van der Waals surface area contributed by atoms with Gasteiger partial charge in [0, 0.05) is 24.1 Å². The average Bonchev–Trinajstić information content (AvgIpc) is 2.69. The van der Waals surface area contributed by atoms with E-state index in [0.29, 0.717) is 17.1 Å². The number of carbonyl (C=O) groups excluding carboxylic acids is 2. The maximum Gasteiger partial charge on any atom is 0.337 e. The fourth-order valence-corrected chi connectivity index (χ4v) is 2.96. The van der Waals surface area contributed by atoms with Gasteiger partial charge in [0.05, 0.1) is 18.2 Å². The van der Waals surface area contributed by atoms with E-state index in [1.165, 1.54) is 38.8 Å². The van der Waals surface area contributed by atoms with E-state index in [0.717, 1.165) is 18.5 Å². The molecule has 2 N–H and O–H groups in total. The minimum absolute atomic E-state index is 0.133. The summed E-state index contributed by atoms with van der Waals surface area (Å²) in [5.41, 5.74) is 1.65. The highest BCUT2D eigenvalue weighted by molar-refractivity contribution is 5.94. The maximum atomic E-state index is 12.3. The molecule has 2 aromatic rings. The zero-order valence-corrected chi connectivity index (χ0v) is 14.7. The third kappa shape index (κ3) is 4.56. The fourth-order valence-electron chi connectivity index (χ4n) is 2.96. The van der Waals surface area contributed by atoms with Crippen molar-refractivity contribution in [2.75, 3.05) is 12.4 Å². The SMILES string of the molecule is COC(=O)c1ccc(Nc2ncc(C(=O)NC3CCCCC3)cn2)cc1. The van der Waals surface area contributed by atoms with Crippen molar-refractivity contribution < 1.29 is 14.3 Å². The lowest BCUT2D eigenvalue weighted by atomic mass is 9.95. The van der Waals surface area contributed by atoms with Crippen LogP contribution in [0.3, 0.4) is 0 Å². The number of esters is 1. The number of amides is 1. The second-order valence-electron chi connectivity index (χ2n) is 6.30. The third-order valence-electron chi connectivity index (χ3n) is 4.42. The standard InChI is InChI=1S/C19H22N4O3/c1-26-18(25)13-7-9-16(10-8-13)23-19-20-11-14(12-21-19)17(24)22-15-5-3-2-4-6-15/h7-12,15H,2-6H2,1H3,(H,22,24)(H,20,21,23). The van der Waals surface area contributed by atoms with Crippen molar-refractivity contribution in [2.45, 2.75) is 38.1 Å². The van der Waals surface area contributed by atoms with Crippen molar-refractivity contribution in [3.8, 4) is 0 Å². The van der Waals surface area contributed by atoms with Crippen LogP contribution in [-0.2, 0) is 4.74 Å². The third-order valence-corrected chi connectivity index (χ3v) is 4.42. The number of rotatable bonds is 5. The largest absolute Gasteiger partial charge is 0.465 e. The first-order chi connectivity index (χ1) is 12.7. The second-order valence-corrected chi connectivity index (χ2v) is 6.30. The lowest BCUT2D eigenvalue weighted by Gasteiger charge is -2.22. The monoisotopic (exact) mass is 354 g/mol. The molecule has 3 rings (SSSR count). The molecule has 1 aliphatic carbocycles. The normalized spacial score (nSPS) is 14.5. The number of methoxy groups -OCH3 is 1. The minimum Gasteiger partial charge on any atom is -0.465 e. The van der Waals surface area contributed by atoms with Gasteiger partial charge in [-0.1, -0.05) is 19.3 Å². The van der Waals surface area contributed by atoms with E-state index in [4.69, 9.17) is 0 Å². The molecule has 136 valence electrons. The van der Waals surface area contributed by atoms with Crippen molar-refractivity contribution in [1.82, 2.24) is 15.3 Å². The quantitative estimate of drug-likeness (QED) is 0.802. The molecular weight excluding hydrogens is 332 g/mol. The van der Waals surface area contributed by atoms with Gasteiger partial charge in [0.1, 0.15) is 0 Å². The van der Waals surface area contributed by atoms with E-state index in [9.17, 15) is 9.59 Å². The van der Waals surface area contributed by atoms with Crippen molar-refractivity contribution in [3.05, 3.63) is 47.8 Å². The van der Waals surface area contributed by atoms with E-state index in [2.05, 4.69) is 25.3 Å². The van der Waals surface area contributed by atoms with Gasteiger partial charge in [0.15, 0.2) is 0 Å². The Balaban J connectivity index is 1.58. The molecule has 0 spiro atoms. The van der Waals surface area contributed by atoms with E-state index in [-0.39, 0.29) is 17.9 Å². The summed E-state index contributed by atoms with van der Waals surface area (Å²) >= 11 is 0. The lowest BCUT2D eigenvalue weighted by molar-refractivity contribution is 0.0600. The Morgan fingerprint density at radius 2 is 1.65 bits per heavy atom. The highest BCUT2D eigenvalue weighted by Gasteiger charge is 2.17. The Labute approximate surface area is 152 Å². The summed E-state index contributed by atoms with van der Waals surface area (Å²) in [6.07, 6.45) is 8.67. The summed E-state index contributed by atoms with van der Waals surface area (Å²) < 4.78 is 4.66. The van der Waals surface area contributed by atoms with Gasteiger partial charge in [-0.05, 0) is 37.1 Å². The fraction of sp³-hybridized carbons (Fsp3) is 0.368. The van der Waals surface area contributed by atoms with Crippen LogP contribution in [0.1, 0.15) is 52.8 Å². The molecule has 0 atom stereocenters. The van der Waals surface area contributed by atoms with Crippen LogP contribution in [0.4, 0.5) is 11.6 Å². The first-order valence-corrected chi connectivity index (χ1v) is 8.74. The Morgan fingerprint density at radius 1 is 1.00 bits per heavy atom. The van der Waals surface area contributed by atoms with Gasteiger partial charge in [-0.3, -0.25) is 4.79 Å². The van der Waals surface area contributed by atoms with Crippen LogP contribution in [-0.4, -0.2) is 35.0 Å². The molecule has 1 saturated carbocycles. The van der Waals surface area contributed by atoms with Gasteiger partial charge in [-0.15, -0.1) is 0 Å². The zero-order valence-electron chi connectivity index (χ0n) is 14.7. The number of benzene rings is 1. The molecule has 7 nitrogen and oxygen atoms in total. The van der Waals surface area contributed by atoms with Crippen molar-refractivity contribution in [1.29, 1.82) is 0 Å². The van der Waals surface area contributed by atoms with Crippen molar-refractivity contribution >= 4 is 23.5 Å². The van der Waals surface area contributed by atoms with Crippen LogP contribution in [0.25, 0.3) is 0 Å². The number of aromatic nitrogens is 2. The molecule has 1 amide bonds. The molecule has 1 aromatic heterocycles. The van der Waals surface area contributed by atoms with Gasteiger partial charge >= 0.3 is 5.97 Å². The Kier molecular flexibility index (Phi) is 5.78. The van der Waals surface area contributed by atoms with E-state index < -0.39 is 0 Å². The van der Waals surface area contributed by atoms with Crippen LogP contribution >= 0.6 is 0 Å². The molecule has 7 heteroatoms. The number of hydrogen-bond acceptors (Lipinski definition) is 6. The number of anilines is 2. The number of nitrogens with zero attached hydrogens (tertiary/aromatic N) is 2. The summed E-state index contributed by atoms with van der Waals surface area (Å²) in [5.74, 6) is -0.142. The summed E-state index contributed by atoms with van der Waals surface area (Å²) in [5, 5.41) is 6.07. The summed E-state index contributed by atoms with van der Waals surface area (Å²) in [6, 6.07) is 7.03. The van der Waals surface area contributed by atoms with Crippen LogP contribution in [0.2, 0.25) is 0 Å². The smallest absolute Gasteiger partial charge is 0.337 e. The molecule has 1 fully saturated rings. The molecule has 1 aliphatic rings. The molecule has 0 aliphatic heterocycles. The maximum absolute atomic E-state index is 12.3. The van der Waals surface area contributed by atoms with Gasteiger partial charge in [0.2, 0.25) is 5.95 Å². The van der Waals surface area contributed by atoms with Crippen molar-refractivity contribution in [3.63, 3.8) is 0 Å². The average molecular weight is 354 g/mol. The van der Waals surface area contributed by atoms with E-state index in [1.807, 2.05) is 0 Å². The Bertz CT molecular complexity index is 753. The predicted octanol–water partition coefficient (Wildman–Crippen LogP) is 3.07. The number of ether oxygens (including phenoxy) is 1. The van der Waals surface area contributed by atoms with Gasteiger partial charge < -0.3 is 15.4 Å².